The molecule has 0 unspecified atom stereocenters. The molecule has 3 rings (SSSR count). The number of carbonyl (C=O) groups excluding carboxylic acids is 1. The Hall–Kier alpha value is -2.28. The maximum atomic E-state index is 12.2. The van der Waals surface area contributed by atoms with Crippen molar-refractivity contribution < 1.29 is 4.79 Å². The molecule has 0 aliphatic heterocycles. The van der Waals surface area contributed by atoms with Crippen LogP contribution in [-0.4, -0.2) is 25.5 Å². The van der Waals surface area contributed by atoms with Crippen molar-refractivity contribution in [3.8, 4) is 0 Å². The van der Waals surface area contributed by atoms with E-state index in [1.165, 1.54) is 0 Å². The van der Waals surface area contributed by atoms with E-state index in [0.29, 0.717) is 11.5 Å². The largest absolute Gasteiger partial charge is 0.319 e. The fourth-order valence-electron chi connectivity index (χ4n) is 2.02. The van der Waals surface area contributed by atoms with Crippen molar-refractivity contribution in [2.45, 2.75) is 13.8 Å². The number of anilines is 1. The summed E-state index contributed by atoms with van der Waals surface area (Å²) in [5.41, 5.74) is 2.40. The summed E-state index contributed by atoms with van der Waals surface area (Å²) in [5, 5.41) is 6.95. The predicted octanol–water partition coefficient (Wildman–Crippen LogP) is 2.76. The molecule has 2 heterocycles. The molecule has 0 saturated heterocycles. The summed E-state index contributed by atoms with van der Waals surface area (Å²) in [5.74, 6) is 0.152. The predicted molar refractivity (Wildman–Crippen MR) is 82.4 cm³/mol. The lowest BCUT2D eigenvalue weighted by Crippen LogP contribution is -2.14. The molecule has 106 valence electrons. The van der Waals surface area contributed by atoms with Crippen molar-refractivity contribution in [2.75, 3.05) is 5.32 Å². The molecule has 0 atom stereocenters. The minimum absolute atomic E-state index is 0.0937. The van der Waals surface area contributed by atoms with E-state index in [2.05, 4.69) is 36.3 Å². The van der Waals surface area contributed by atoms with E-state index in [1.807, 2.05) is 32.0 Å². The highest BCUT2D eigenvalue weighted by Gasteiger charge is 2.15. The summed E-state index contributed by atoms with van der Waals surface area (Å²) < 4.78 is 2.44. The molecule has 0 fully saturated rings. The first kappa shape index (κ1) is 13.7. The van der Waals surface area contributed by atoms with Crippen LogP contribution in [0.5, 0.6) is 0 Å². The van der Waals surface area contributed by atoms with Crippen LogP contribution in [0.4, 0.5) is 5.69 Å². The fraction of sp³-hybridized carbons (Fsp3) is 0.143. The van der Waals surface area contributed by atoms with Gasteiger partial charge in [-0.25, -0.2) is 9.50 Å². The number of rotatable bonds is 2. The Kier molecular flexibility index (Phi) is 3.42. The summed E-state index contributed by atoms with van der Waals surface area (Å²) in [4.78, 5) is 20.6. The Morgan fingerprint density at radius 3 is 2.81 bits per heavy atom. The first-order chi connectivity index (χ1) is 10.0. The van der Waals surface area contributed by atoms with Gasteiger partial charge in [-0.1, -0.05) is 22.0 Å². The van der Waals surface area contributed by atoms with Gasteiger partial charge in [0.25, 0.3) is 11.7 Å². The van der Waals surface area contributed by atoms with Crippen molar-refractivity contribution in [1.29, 1.82) is 0 Å². The van der Waals surface area contributed by atoms with E-state index in [0.717, 1.165) is 15.9 Å². The highest BCUT2D eigenvalue weighted by atomic mass is 79.9. The quantitative estimate of drug-likeness (QED) is 0.775. The third-order valence-electron chi connectivity index (χ3n) is 2.90. The average molecular weight is 346 g/mol. The molecule has 0 bridgehead atoms. The Morgan fingerprint density at radius 1 is 1.24 bits per heavy atom. The van der Waals surface area contributed by atoms with Gasteiger partial charge in [0.2, 0.25) is 5.82 Å². The molecule has 2 aromatic heterocycles. The summed E-state index contributed by atoms with van der Waals surface area (Å²) in [6, 6.07) is 9.21. The van der Waals surface area contributed by atoms with Gasteiger partial charge in [-0.05, 0) is 38.1 Å². The van der Waals surface area contributed by atoms with Crippen molar-refractivity contribution in [2.24, 2.45) is 0 Å². The fourth-order valence-corrected chi connectivity index (χ4v) is 2.41. The number of halogens is 1. The topological polar surface area (TPSA) is 72.2 Å². The van der Waals surface area contributed by atoms with Crippen LogP contribution in [0, 0.1) is 13.8 Å². The molecule has 1 aromatic carbocycles. The van der Waals surface area contributed by atoms with Gasteiger partial charge in [-0.15, -0.1) is 5.10 Å². The molecular formula is C14H12BrN5O. The van der Waals surface area contributed by atoms with Gasteiger partial charge in [0.05, 0.1) is 0 Å². The van der Waals surface area contributed by atoms with Crippen LogP contribution in [0.2, 0.25) is 0 Å². The molecule has 6 nitrogen and oxygen atoms in total. The molecule has 0 radical (unpaired) electrons. The van der Waals surface area contributed by atoms with Crippen LogP contribution in [0.1, 0.15) is 22.0 Å². The normalized spacial score (nSPS) is 10.8. The zero-order chi connectivity index (χ0) is 15.0. The number of aryl methyl sites for hydroxylation is 2. The lowest BCUT2D eigenvalue weighted by Gasteiger charge is -2.02. The maximum Gasteiger partial charge on any atom is 0.295 e. The van der Waals surface area contributed by atoms with E-state index in [-0.39, 0.29) is 11.7 Å². The van der Waals surface area contributed by atoms with Crippen LogP contribution in [-0.2, 0) is 0 Å². The van der Waals surface area contributed by atoms with Gasteiger partial charge in [0, 0.05) is 21.5 Å². The van der Waals surface area contributed by atoms with Crippen molar-refractivity contribution >= 4 is 33.3 Å². The van der Waals surface area contributed by atoms with Gasteiger partial charge in [0.15, 0.2) is 0 Å². The second-order valence-corrected chi connectivity index (χ2v) is 5.57. The number of carbonyl (C=O) groups is 1. The number of fused-ring (bicyclic) bond motifs is 1. The molecule has 0 saturated carbocycles. The second-order valence-electron chi connectivity index (χ2n) is 4.65. The molecule has 7 heteroatoms. The SMILES string of the molecule is Cc1cc(C)n2nc(C(=O)Nc3cccc(Br)c3)nc2n1. The first-order valence-corrected chi connectivity index (χ1v) is 7.10. The summed E-state index contributed by atoms with van der Waals surface area (Å²) in [6.07, 6.45) is 0. The first-order valence-electron chi connectivity index (χ1n) is 6.31. The van der Waals surface area contributed by atoms with Gasteiger partial charge in [-0.3, -0.25) is 4.79 Å². The molecule has 0 aliphatic carbocycles. The van der Waals surface area contributed by atoms with Crippen LogP contribution < -0.4 is 5.32 Å². The summed E-state index contributed by atoms with van der Waals surface area (Å²) in [6.45, 7) is 3.77. The maximum absolute atomic E-state index is 12.2. The second kappa shape index (κ2) is 5.25. The summed E-state index contributed by atoms with van der Waals surface area (Å²) >= 11 is 3.36. The lowest BCUT2D eigenvalue weighted by atomic mass is 10.3. The zero-order valence-corrected chi connectivity index (χ0v) is 13.0. The standard InChI is InChI=1S/C14H12BrN5O/c1-8-6-9(2)20-14(16-8)18-12(19-20)13(21)17-11-5-3-4-10(15)7-11/h3-7H,1-2H3,(H,17,21). The van der Waals surface area contributed by atoms with Gasteiger partial charge < -0.3 is 5.32 Å². The van der Waals surface area contributed by atoms with E-state index in [9.17, 15) is 4.79 Å². The van der Waals surface area contributed by atoms with Gasteiger partial charge in [0.1, 0.15) is 0 Å². The van der Waals surface area contributed by atoms with Crippen molar-refractivity contribution in [3.05, 3.63) is 52.0 Å². The Bertz CT molecular complexity index is 842. The smallest absolute Gasteiger partial charge is 0.295 e. The third kappa shape index (κ3) is 2.78. The van der Waals surface area contributed by atoms with Crippen LogP contribution in [0.3, 0.4) is 0 Å². The molecule has 1 amide bonds. The van der Waals surface area contributed by atoms with Crippen molar-refractivity contribution in [3.63, 3.8) is 0 Å². The molecule has 1 N–H and O–H groups in total. The average Bonchev–Trinajstić information content (AvgIpc) is 2.83. The zero-order valence-electron chi connectivity index (χ0n) is 11.5. The Labute approximate surface area is 129 Å². The number of hydrogen-bond acceptors (Lipinski definition) is 4. The Morgan fingerprint density at radius 2 is 2.05 bits per heavy atom. The number of hydrogen-bond donors (Lipinski definition) is 1. The molecule has 3 aromatic rings. The monoisotopic (exact) mass is 345 g/mol. The van der Waals surface area contributed by atoms with E-state index >= 15 is 0 Å². The van der Waals surface area contributed by atoms with Crippen molar-refractivity contribution in [1.82, 2.24) is 19.6 Å². The van der Waals surface area contributed by atoms with Gasteiger partial charge in [-0.2, -0.15) is 4.98 Å². The number of benzene rings is 1. The van der Waals surface area contributed by atoms with Crippen LogP contribution in [0.15, 0.2) is 34.8 Å². The molecule has 0 aliphatic rings. The lowest BCUT2D eigenvalue weighted by molar-refractivity contribution is 0.101. The highest BCUT2D eigenvalue weighted by molar-refractivity contribution is 9.10. The highest BCUT2D eigenvalue weighted by Crippen LogP contribution is 2.16. The third-order valence-corrected chi connectivity index (χ3v) is 3.40. The minimum Gasteiger partial charge on any atom is -0.319 e. The van der Waals surface area contributed by atoms with Crippen LogP contribution >= 0.6 is 15.9 Å². The van der Waals surface area contributed by atoms with E-state index in [4.69, 9.17) is 0 Å². The minimum atomic E-state index is -0.365. The number of nitrogens with zero attached hydrogens (tertiary/aromatic N) is 4. The van der Waals surface area contributed by atoms with E-state index < -0.39 is 0 Å². The number of nitrogens with one attached hydrogen (secondary N) is 1. The van der Waals surface area contributed by atoms with E-state index in [1.54, 1.807) is 16.6 Å². The Balaban J connectivity index is 1.93. The summed E-state index contributed by atoms with van der Waals surface area (Å²) in [7, 11) is 0. The molecular weight excluding hydrogens is 334 g/mol. The van der Waals surface area contributed by atoms with Crippen LogP contribution in [0.25, 0.3) is 5.78 Å². The number of aromatic nitrogens is 4. The van der Waals surface area contributed by atoms with Gasteiger partial charge >= 0.3 is 0 Å². The molecule has 0 spiro atoms. The number of amides is 1. The molecule has 21 heavy (non-hydrogen) atoms.